The molecule has 1 aliphatic rings. The quantitative estimate of drug-likeness (QED) is 0.873. The van der Waals surface area contributed by atoms with Crippen LogP contribution in [0.25, 0.3) is 0 Å². The third kappa shape index (κ3) is 4.08. The molecule has 132 valence electrons. The fourth-order valence-electron chi connectivity index (χ4n) is 2.72. The van der Waals surface area contributed by atoms with Gasteiger partial charge in [0, 0.05) is 24.9 Å². The summed E-state index contributed by atoms with van der Waals surface area (Å²) in [6.07, 6.45) is 2.81. The van der Waals surface area contributed by atoms with Crippen molar-refractivity contribution in [3.63, 3.8) is 0 Å². The molecule has 8 heteroatoms. The number of amides is 2. The minimum absolute atomic E-state index is 0.0935. The largest absolute Gasteiger partial charge is 0.467 e. The molecule has 1 unspecified atom stereocenters. The van der Waals surface area contributed by atoms with Crippen LogP contribution in [0.2, 0.25) is 0 Å². The molecular formula is C17H18N2O5S. The molecule has 2 aromatic rings. The summed E-state index contributed by atoms with van der Waals surface area (Å²) in [5, 5.41) is 2.73. The average Bonchev–Trinajstić information content (AvgIpc) is 3.18. The van der Waals surface area contributed by atoms with Crippen molar-refractivity contribution in [2.24, 2.45) is 5.92 Å². The first-order chi connectivity index (χ1) is 11.8. The van der Waals surface area contributed by atoms with E-state index in [0.29, 0.717) is 24.5 Å². The molecular weight excluding hydrogens is 344 g/mol. The minimum atomic E-state index is -3.28. The Balaban J connectivity index is 1.61. The lowest BCUT2D eigenvalue weighted by Crippen LogP contribution is -2.27. The van der Waals surface area contributed by atoms with E-state index in [1.807, 2.05) is 0 Å². The zero-order chi connectivity index (χ0) is 18.0. The van der Waals surface area contributed by atoms with Crippen molar-refractivity contribution in [1.82, 2.24) is 4.90 Å². The lowest BCUT2D eigenvalue weighted by Gasteiger charge is -2.15. The second-order valence-electron chi connectivity index (χ2n) is 6.04. The molecule has 1 atom stereocenters. The van der Waals surface area contributed by atoms with Crippen LogP contribution in [0.3, 0.4) is 0 Å². The molecule has 1 saturated heterocycles. The first-order valence-corrected chi connectivity index (χ1v) is 9.63. The number of nitrogens with zero attached hydrogens (tertiary/aromatic N) is 1. The van der Waals surface area contributed by atoms with Gasteiger partial charge in [0.15, 0.2) is 9.84 Å². The van der Waals surface area contributed by atoms with Gasteiger partial charge in [-0.3, -0.25) is 9.59 Å². The second-order valence-corrected chi connectivity index (χ2v) is 8.06. The van der Waals surface area contributed by atoms with Gasteiger partial charge in [-0.05, 0) is 36.4 Å². The molecule has 1 aromatic heterocycles. The van der Waals surface area contributed by atoms with Crippen molar-refractivity contribution in [2.75, 3.05) is 18.1 Å². The highest BCUT2D eigenvalue weighted by Crippen LogP contribution is 2.22. The number of benzene rings is 1. The number of anilines is 1. The van der Waals surface area contributed by atoms with Gasteiger partial charge in [-0.2, -0.15) is 0 Å². The van der Waals surface area contributed by atoms with Crippen LogP contribution in [0, 0.1) is 5.92 Å². The molecule has 25 heavy (non-hydrogen) atoms. The number of rotatable bonds is 5. The van der Waals surface area contributed by atoms with Crippen LogP contribution in [0.4, 0.5) is 5.69 Å². The van der Waals surface area contributed by atoms with Gasteiger partial charge in [0.25, 0.3) is 0 Å². The molecule has 2 amide bonds. The van der Waals surface area contributed by atoms with Gasteiger partial charge in [0.2, 0.25) is 11.8 Å². The Hall–Kier alpha value is -2.61. The van der Waals surface area contributed by atoms with Crippen molar-refractivity contribution in [2.45, 2.75) is 17.9 Å². The van der Waals surface area contributed by atoms with Crippen LogP contribution in [-0.4, -0.2) is 37.9 Å². The zero-order valence-electron chi connectivity index (χ0n) is 13.6. The highest BCUT2D eigenvalue weighted by Gasteiger charge is 2.34. The standard InChI is InChI=1S/C17H18N2O5S/c1-25(22,23)15-6-4-13(5-7-15)18-17(21)12-9-16(20)19(10-12)11-14-3-2-8-24-14/h2-8,12H,9-11H2,1H3,(H,18,21). The van der Waals surface area contributed by atoms with Crippen LogP contribution >= 0.6 is 0 Å². The first-order valence-electron chi connectivity index (χ1n) is 7.74. The molecule has 1 aliphatic heterocycles. The topological polar surface area (TPSA) is 96.7 Å². The fraction of sp³-hybridized carbons (Fsp3) is 0.294. The maximum Gasteiger partial charge on any atom is 0.229 e. The Labute approximate surface area is 145 Å². The molecule has 2 heterocycles. The Morgan fingerprint density at radius 1 is 1.28 bits per heavy atom. The number of hydrogen-bond acceptors (Lipinski definition) is 5. The van der Waals surface area contributed by atoms with E-state index in [4.69, 9.17) is 4.42 Å². The molecule has 1 N–H and O–H groups in total. The molecule has 0 bridgehead atoms. The van der Waals surface area contributed by atoms with Crippen LogP contribution in [0.5, 0.6) is 0 Å². The predicted molar refractivity (Wildman–Crippen MR) is 90.4 cm³/mol. The highest BCUT2D eigenvalue weighted by atomic mass is 32.2. The van der Waals surface area contributed by atoms with Gasteiger partial charge in [-0.25, -0.2) is 8.42 Å². The van der Waals surface area contributed by atoms with E-state index in [2.05, 4.69) is 5.32 Å². The lowest BCUT2D eigenvalue weighted by atomic mass is 10.1. The van der Waals surface area contributed by atoms with E-state index < -0.39 is 15.8 Å². The lowest BCUT2D eigenvalue weighted by molar-refractivity contribution is -0.128. The number of likely N-dealkylation sites (tertiary alicyclic amines) is 1. The third-order valence-corrected chi connectivity index (χ3v) is 5.19. The molecule has 0 spiro atoms. The molecule has 3 rings (SSSR count). The van der Waals surface area contributed by atoms with Gasteiger partial charge < -0.3 is 14.6 Å². The summed E-state index contributed by atoms with van der Waals surface area (Å²) in [5.41, 5.74) is 0.495. The van der Waals surface area contributed by atoms with Crippen molar-refractivity contribution in [3.05, 3.63) is 48.4 Å². The molecule has 0 radical (unpaired) electrons. The second kappa shape index (κ2) is 6.72. The molecule has 0 aliphatic carbocycles. The summed E-state index contributed by atoms with van der Waals surface area (Å²) in [4.78, 5) is 26.2. The Bertz CT molecular complexity index is 872. The number of carbonyl (C=O) groups excluding carboxylic acids is 2. The Kier molecular flexibility index (Phi) is 4.63. The number of carbonyl (C=O) groups is 2. The number of sulfone groups is 1. The summed E-state index contributed by atoms with van der Waals surface area (Å²) < 4.78 is 28.1. The van der Waals surface area contributed by atoms with Gasteiger partial charge in [-0.1, -0.05) is 0 Å². The van der Waals surface area contributed by atoms with E-state index in [0.717, 1.165) is 6.26 Å². The average molecular weight is 362 g/mol. The summed E-state index contributed by atoms with van der Waals surface area (Å²) in [5.74, 6) is -0.130. The SMILES string of the molecule is CS(=O)(=O)c1ccc(NC(=O)C2CC(=O)N(Cc3ccco3)C2)cc1. The zero-order valence-corrected chi connectivity index (χ0v) is 14.5. The number of hydrogen-bond donors (Lipinski definition) is 1. The van der Waals surface area contributed by atoms with Crippen molar-refractivity contribution in [3.8, 4) is 0 Å². The molecule has 1 aromatic carbocycles. The van der Waals surface area contributed by atoms with Crippen molar-refractivity contribution < 1.29 is 22.4 Å². The fourth-order valence-corrected chi connectivity index (χ4v) is 3.35. The molecule has 1 fully saturated rings. The van der Waals surface area contributed by atoms with Crippen LogP contribution in [-0.2, 0) is 26.0 Å². The maximum absolute atomic E-state index is 12.4. The van der Waals surface area contributed by atoms with Crippen LogP contribution < -0.4 is 5.32 Å². The molecule has 7 nitrogen and oxygen atoms in total. The molecule has 0 saturated carbocycles. The van der Waals surface area contributed by atoms with Gasteiger partial charge in [0.05, 0.1) is 23.6 Å². The summed E-state index contributed by atoms with van der Waals surface area (Å²) in [7, 11) is -3.28. The van der Waals surface area contributed by atoms with E-state index in [-0.39, 0.29) is 23.1 Å². The minimum Gasteiger partial charge on any atom is -0.467 e. The first kappa shape index (κ1) is 17.2. The van der Waals surface area contributed by atoms with Crippen LogP contribution in [0.15, 0.2) is 52.0 Å². The van der Waals surface area contributed by atoms with E-state index >= 15 is 0 Å². The smallest absolute Gasteiger partial charge is 0.229 e. The van der Waals surface area contributed by atoms with Gasteiger partial charge >= 0.3 is 0 Å². The van der Waals surface area contributed by atoms with E-state index in [9.17, 15) is 18.0 Å². The highest BCUT2D eigenvalue weighted by molar-refractivity contribution is 7.90. The Morgan fingerprint density at radius 3 is 2.60 bits per heavy atom. The summed E-state index contributed by atoms with van der Waals surface area (Å²) in [6, 6.07) is 9.48. The maximum atomic E-state index is 12.4. The predicted octanol–water partition coefficient (Wildman–Crippen LogP) is 1.67. The van der Waals surface area contributed by atoms with Crippen molar-refractivity contribution >= 4 is 27.3 Å². The van der Waals surface area contributed by atoms with Crippen LogP contribution in [0.1, 0.15) is 12.2 Å². The van der Waals surface area contributed by atoms with Gasteiger partial charge in [-0.15, -0.1) is 0 Å². The summed E-state index contributed by atoms with van der Waals surface area (Å²) in [6.45, 7) is 0.672. The monoisotopic (exact) mass is 362 g/mol. The van der Waals surface area contributed by atoms with Gasteiger partial charge in [0.1, 0.15) is 5.76 Å². The number of nitrogens with one attached hydrogen (secondary N) is 1. The van der Waals surface area contributed by atoms with Crippen molar-refractivity contribution in [1.29, 1.82) is 0 Å². The number of furan rings is 1. The normalized spacial score (nSPS) is 17.7. The Morgan fingerprint density at radius 2 is 2.00 bits per heavy atom. The summed E-state index contributed by atoms with van der Waals surface area (Å²) >= 11 is 0. The van der Waals surface area contributed by atoms with E-state index in [1.165, 1.54) is 24.3 Å². The van der Waals surface area contributed by atoms with E-state index in [1.54, 1.807) is 23.3 Å². The third-order valence-electron chi connectivity index (χ3n) is 4.06.